The molecule has 7 nitrogen and oxygen atoms in total. The topological polar surface area (TPSA) is 91.2 Å². The molecule has 0 saturated carbocycles. The second-order valence-corrected chi connectivity index (χ2v) is 3.91. The minimum absolute atomic E-state index is 0.00740. The lowest BCUT2D eigenvalue weighted by Gasteiger charge is -2.09. The molecular weight excluding hydrogens is 238 g/mol. The highest BCUT2D eigenvalue weighted by atomic mass is 16.5. The van der Waals surface area contributed by atoms with Crippen LogP contribution in [-0.2, 0) is 16.1 Å². The summed E-state index contributed by atoms with van der Waals surface area (Å²) >= 11 is 0. The molecule has 0 spiro atoms. The number of aromatic nitrogens is 3. The summed E-state index contributed by atoms with van der Waals surface area (Å²) in [6.07, 6.45) is 0. The van der Waals surface area contributed by atoms with Crippen LogP contribution in [0.5, 0.6) is 0 Å². The zero-order valence-corrected chi connectivity index (χ0v) is 10.2. The van der Waals surface area contributed by atoms with Gasteiger partial charge in [0.15, 0.2) is 17.9 Å². The first-order valence-corrected chi connectivity index (χ1v) is 5.24. The number of hydrogen-bond acceptors (Lipinski definition) is 6. The van der Waals surface area contributed by atoms with Gasteiger partial charge in [-0.1, -0.05) is 0 Å². The second kappa shape index (κ2) is 4.17. The number of hydrogen-bond donors (Lipinski definition) is 0. The number of carbonyl (C=O) groups excluding carboxylic acids is 3. The summed E-state index contributed by atoms with van der Waals surface area (Å²) in [5, 5.41) is 7.71. The fourth-order valence-electron chi connectivity index (χ4n) is 1.60. The van der Waals surface area contributed by atoms with Crippen molar-refractivity contribution in [2.45, 2.75) is 20.4 Å². The molecule has 18 heavy (non-hydrogen) atoms. The van der Waals surface area contributed by atoms with Gasteiger partial charge in [-0.05, 0) is 13.8 Å². The van der Waals surface area contributed by atoms with Crippen LogP contribution in [-0.4, -0.2) is 39.6 Å². The van der Waals surface area contributed by atoms with E-state index in [1.807, 2.05) is 0 Å². The molecule has 0 amide bonds. The van der Waals surface area contributed by atoms with E-state index in [9.17, 15) is 14.4 Å². The van der Waals surface area contributed by atoms with E-state index >= 15 is 0 Å². The number of rotatable bonds is 2. The second-order valence-electron chi connectivity index (χ2n) is 3.91. The molecule has 1 aromatic rings. The van der Waals surface area contributed by atoms with E-state index in [0.717, 1.165) is 4.80 Å². The van der Waals surface area contributed by atoms with Gasteiger partial charge in [0.2, 0.25) is 11.6 Å². The van der Waals surface area contributed by atoms with Gasteiger partial charge in [0.1, 0.15) is 0 Å². The Morgan fingerprint density at radius 3 is 1.94 bits per heavy atom. The third-order valence-corrected chi connectivity index (χ3v) is 2.83. The lowest BCUT2D eigenvalue weighted by atomic mass is 9.92. The van der Waals surface area contributed by atoms with Crippen LogP contribution < -0.4 is 0 Å². The van der Waals surface area contributed by atoms with Gasteiger partial charge >= 0.3 is 5.97 Å². The predicted molar refractivity (Wildman–Crippen MR) is 59.1 cm³/mol. The Kier molecular flexibility index (Phi) is 2.82. The van der Waals surface area contributed by atoms with Crippen LogP contribution in [0.15, 0.2) is 11.1 Å². The van der Waals surface area contributed by atoms with Gasteiger partial charge in [-0.15, -0.1) is 10.2 Å². The standard InChI is InChI=1S/C11H11N3O4/c1-5-6(2)11(17)9-8(10(5)16)12-14(13-9)4-7(15)18-3/h4H2,1-3H3. The van der Waals surface area contributed by atoms with Gasteiger partial charge in [0.05, 0.1) is 7.11 Å². The number of fused-ring (bicyclic) bond motifs is 1. The highest BCUT2D eigenvalue weighted by molar-refractivity contribution is 6.24. The maximum Gasteiger partial charge on any atom is 0.329 e. The molecule has 0 unspecified atom stereocenters. The van der Waals surface area contributed by atoms with Gasteiger partial charge in [0, 0.05) is 11.1 Å². The van der Waals surface area contributed by atoms with Crippen LogP contribution in [0, 0.1) is 0 Å². The molecule has 0 atom stereocenters. The summed E-state index contributed by atoms with van der Waals surface area (Å²) in [5.74, 6) is -1.22. The molecule has 0 bridgehead atoms. The summed E-state index contributed by atoms with van der Waals surface area (Å²) in [4.78, 5) is 35.9. The molecule has 7 heteroatoms. The third-order valence-electron chi connectivity index (χ3n) is 2.83. The molecule has 0 aliphatic heterocycles. The summed E-state index contributed by atoms with van der Waals surface area (Å²) in [6, 6.07) is 0. The van der Waals surface area contributed by atoms with E-state index in [1.165, 1.54) is 7.11 Å². The number of ether oxygens (including phenoxy) is 1. The summed E-state index contributed by atoms with van der Waals surface area (Å²) in [6.45, 7) is 2.90. The molecule has 1 aliphatic carbocycles. The van der Waals surface area contributed by atoms with Crippen molar-refractivity contribution in [3.63, 3.8) is 0 Å². The van der Waals surface area contributed by atoms with Gasteiger partial charge in [-0.2, -0.15) is 4.80 Å². The van der Waals surface area contributed by atoms with Gasteiger partial charge < -0.3 is 4.74 Å². The van der Waals surface area contributed by atoms with Gasteiger partial charge in [0.25, 0.3) is 0 Å². The maximum absolute atomic E-state index is 11.9. The Hall–Kier alpha value is -2.31. The number of methoxy groups -OCH3 is 1. The minimum Gasteiger partial charge on any atom is -0.468 e. The molecule has 0 radical (unpaired) electrons. The van der Waals surface area contributed by atoms with Crippen molar-refractivity contribution < 1.29 is 19.1 Å². The predicted octanol–water partition coefficient (Wildman–Crippen LogP) is 0.166. The zero-order chi connectivity index (χ0) is 13.4. The normalized spacial score (nSPS) is 14.8. The van der Waals surface area contributed by atoms with Gasteiger partial charge in [-0.3, -0.25) is 9.59 Å². The Morgan fingerprint density at radius 1 is 1.11 bits per heavy atom. The van der Waals surface area contributed by atoms with Crippen molar-refractivity contribution in [1.82, 2.24) is 15.0 Å². The van der Waals surface area contributed by atoms with Crippen LogP contribution >= 0.6 is 0 Å². The minimum atomic E-state index is -0.552. The van der Waals surface area contributed by atoms with E-state index in [2.05, 4.69) is 14.9 Å². The van der Waals surface area contributed by atoms with Crippen molar-refractivity contribution >= 4 is 17.5 Å². The van der Waals surface area contributed by atoms with Crippen LogP contribution in [0.2, 0.25) is 0 Å². The highest BCUT2D eigenvalue weighted by Crippen LogP contribution is 2.22. The lowest BCUT2D eigenvalue weighted by molar-refractivity contribution is -0.141. The molecule has 0 N–H and O–H groups in total. The molecule has 0 saturated heterocycles. The number of ketones is 2. The molecule has 0 fully saturated rings. The summed E-state index contributed by atoms with van der Waals surface area (Å²) in [7, 11) is 1.23. The average Bonchev–Trinajstić information content (AvgIpc) is 2.77. The maximum atomic E-state index is 11.9. The quantitative estimate of drug-likeness (QED) is 0.694. The van der Waals surface area contributed by atoms with Crippen molar-refractivity contribution in [2.24, 2.45) is 0 Å². The Morgan fingerprint density at radius 2 is 1.56 bits per heavy atom. The van der Waals surface area contributed by atoms with E-state index in [0.29, 0.717) is 11.1 Å². The molecule has 94 valence electrons. The van der Waals surface area contributed by atoms with Crippen molar-refractivity contribution in [3.05, 3.63) is 22.5 Å². The number of allylic oxidation sites excluding steroid dienone is 2. The highest BCUT2D eigenvalue weighted by Gasteiger charge is 2.32. The molecule has 1 heterocycles. The Labute approximate surface area is 102 Å². The number of carbonyl (C=O) groups is 3. The number of Topliss-reactive ketones (excluding diaryl/α,β-unsaturated/α-hetero) is 2. The van der Waals surface area contributed by atoms with Crippen molar-refractivity contribution in [1.29, 1.82) is 0 Å². The van der Waals surface area contributed by atoms with Crippen LogP contribution in [0.4, 0.5) is 0 Å². The molecule has 2 rings (SSSR count). The summed E-state index contributed by atoms with van der Waals surface area (Å²) < 4.78 is 4.46. The van der Waals surface area contributed by atoms with Crippen LogP contribution in [0.25, 0.3) is 0 Å². The lowest BCUT2D eigenvalue weighted by Crippen LogP contribution is -2.19. The Balaban J connectivity index is 2.43. The summed E-state index contributed by atoms with van der Waals surface area (Å²) in [5.41, 5.74) is 0.703. The third kappa shape index (κ3) is 1.73. The van der Waals surface area contributed by atoms with E-state index in [1.54, 1.807) is 13.8 Å². The van der Waals surface area contributed by atoms with Crippen molar-refractivity contribution in [2.75, 3.05) is 7.11 Å². The SMILES string of the molecule is COC(=O)Cn1nc2c(n1)C(=O)C(C)=C(C)C2=O. The molecular formula is C11H11N3O4. The van der Waals surface area contributed by atoms with Gasteiger partial charge in [-0.25, -0.2) is 4.79 Å². The molecule has 1 aliphatic rings. The van der Waals surface area contributed by atoms with E-state index in [4.69, 9.17) is 0 Å². The van der Waals surface area contributed by atoms with Crippen molar-refractivity contribution in [3.8, 4) is 0 Å². The zero-order valence-electron chi connectivity index (χ0n) is 10.2. The first-order chi connectivity index (χ1) is 8.45. The van der Waals surface area contributed by atoms with Crippen LogP contribution in [0.3, 0.4) is 0 Å². The van der Waals surface area contributed by atoms with E-state index < -0.39 is 5.97 Å². The first kappa shape index (κ1) is 12.2. The smallest absolute Gasteiger partial charge is 0.329 e. The van der Waals surface area contributed by atoms with E-state index in [-0.39, 0.29) is 29.5 Å². The monoisotopic (exact) mass is 249 g/mol. The number of esters is 1. The molecule has 1 aromatic heterocycles. The first-order valence-electron chi connectivity index (χ1n) is 5.24. The fourth-order valence-corrected chi connectivity index (χ4v) is 1.60. The molecule has 0 aromatic carbocycles. The number of nitrogens with zero attached hydrogens (tertiary/aromatic N) is 3. The average molecular weight is 249 g/mol. The Bertz CT molecular complexity index is 556. The van der Waals surface area contributed by atoms with Crippen LogP contribution in [0.1, 0.15) is 34.8 Å². The largest absolute Gasteiger partial charge is 0.468 e. The fraction of sp³-hybridized carbons (Fsp3) is 0.364.